The molecule has 46 heavy (non-hydrogen) atoms. The van der Waals surface area contributed by atoms with E-state index < -0.39 is 29.6 Å². The second-order valence-electron chi connectivity index (χ2n) is 12.0. The predicted molar refractivity (Wildman–Crippen MR) is 171 cm³/mol. The van der Waals surface area contributed by atoms with Crippen LogP contribution in [-0.4, -0.2) is 130 Å². The van der Waals surface area contributed by atoms with Crippen LogP contribution in [0.5, 0.6) is 0 Å². The summed E-state index contributed by atoms with van der Waals surface area (Å²) < 4.78 is 56.3. The second-order valence-corrected chi connectivity index (χ2v) is 12.0. The van der Waals surface area contributed by atoms with Crippen molar-refractivity contribution in [3.05, 3.63) is 0 Å². The Morgan fingerprint density at radius 2 is 0.870 bits per heavy atom. The Hall–Kier alpha value is -1.38. The van der Waals surface area contributed by atoms with Gasteiger partial charge in [0.25, 0.3) is 0 Å². The molecule has 0 unspecified atom stereocenters. The molecule has 0 aliphatic carbocycles. The average molecular weight is 663 g/mol. The summed E-state index contributed by atoms with van der Waals surface area (Å²) in [6.45, 7) is 9.23. The van der Waals surface area contributed by atoms with Gasteiger partial charge in [-0.3, -0.25) is 9.59 Å². The molecule has 0 spiro atoms. The lowest BCUT2D eigenvalue weighted by Crippen LogP contribution is -2.42. The van der Waals surface area contributed by atoms with Crippen molar-refractivity contribution in [3.63, 3.8) is 0 Å². The molecule has 0 aromatic carbocycles. The fourth-order valence-electron chi connectivity index (χ4n) is 5.05. The SMILES string of the molecule is CCCCCCCCCCCCC(C)(C(=O)OC[C@@H]1COCCOCCOCCO1)C(=O)OC[C@@H]1COCCOCCOCCO1. The van der Waals surface area contributed by atoms with E-state index in [0.717, 1.165) is 19.3 Å². The van der Waals surface area contributed by atoms with Crippen molar-refractivity contribution >= 4 is 11.9 Å². The van der Waals surface area contributed by atoms with Crippen molar-refractivity contribution < 1.29 is 57.0 Å². The molecule has 12 heteroatoms. The van der Waals surface area contributed by atoms with Crippen LogP contribution in [0.2, 0.25) is 0 Å². The second kappa shape index (κ2) is 27.6. The number of hydrogen-bond acceptors (Lipinski definition) is 12. The van der Waals surface area contributed by atoms with Gasteiger partial charge in [0.05, 0.1) is 92.5 Å². The zero-order valence-electron chi connectivity index (χ0n) is 28.6. The lowest BCUT2D eigenvalue weighted by Gasteiger charge is -2.28. The maximum absolute atomic E-state index is 13.6. The van der Waals surface area contributed by atoms with Gasteiger partial charge in [0.2, 0.25) is 0 Å². The zero-order chi connectivity index (χ0) is 33.0. The molecule has 2 heterocycles. The lowest BCUT2D eigenvalue weighted by molar-refractivity contribution is -0.178. The Labute approximate surface area is 276 Å². The number of unbranched alkanes of at least 4 members (excludes halogenated alkanes) is 9. The summed E-state index contributed by atoms with van der Waals surface area (Å²) in [5.74, 6) is -1.27. The Morgan fingerprint density at radius 1 is 0.522 bits per heavy atom. The van der Waals surface area contributed by atoms with Crippen LogP contribution in [0, 0.1) is 5.41 Å². The molecule has 0 aromatic heterocycles. The molecule has 2 rings (SSSR count). The van der Waals surface area contributed by atoms with Crippen molar-refractivity contribution in [2.24, 2.45) is 5.41 Å². The number of esters is 2. The normalized spacial score (nSPS) is 22.0. The Bertz CT molecular complexity index is 682. The van der Waals surface area contributed by atoms with Gasteiger partial charge in [-0.25, -0.2) is 0 Å². The molecular weight excluding hydrogens is 600 g/mol. The predicted octanol–water partition coefficient (Wildman–Crippen LogP) is 4.29. The first-order chi connectivity index (χ1) is 22.6. The van der Waals surface area contributed by atoms with Gasteiger partial charge in [0, 0.05) is 0 Å². The molecule has 0 radical (unpaired) electrons. The van der Waals surface area contributed by atoms with E-state index in [1.54, 1.807) is 6.92 Å². The van der Waals surface area contributed by atoms with E-state index in [0.29, 0.717) is 92.1 Å². The molecule has 2 aliphatic heterocycles. The topological polar surface area (TPSA) is 126 Å². The maximum atomic E-state index is 13.6. The highest BCUT2D eigenvalue weighted by Gasteiger charge is 2.44. The van der Waals surface area contributed by atoms with Gasteiger partial charge in [-0.15, -0.1) is 0 Å². The van der Waals surface area contributed by atoms with E-state index in [4.69, 9.17) is 47.4 Å². The highest BCUT2D eigenvalue weighted by atomic mass is 16.6. The summed E-state index contributed by atoms with van der Waals surface area (Å²) in [6, 6.07) is 0. The van der Waals surface area contributed by atoms with E-state index in [1.807, 2.05) is 0 Å². The van der Waals surface area contributed by atoms with E-state index in [2.05, 4.69) is 6.92 Å². The molecule has 0 aromatic rings. The summed E-state index contributed by atoms with van der Waals surface area (Å²) in [7, 11) is 0. The first-order valence-electron chi connectivity index (χ1n) is 17.6. The highest BCUT2D eigenvalue weighted by Crippen LogP contribution is 2.29. The number of carbonyl (C=O) groups is 2. The monoisotopic (exact) mass is 662 g/mol. The van der Waals surface area contributed by atoms with Crippen molar-refractivity contribution in [2.75, 3.05) is 106 Å². The molecule has 2 atom stereocenters. The van der Waals surface area contributed by atoms with Crippen molar-refractivity contribution in [1.29, 1.82) is 0 Å². The smallest absolute Gasteiger partial charge is 0.323 e. The number of carbonyl (C=O) groups excluding carboxylic acids is 2. The fourth-order valence-corrected chi connectivity index (χ4v) is 5.05. The van der Waals surface area contributed by atoms with Crippen LogP contribution in [-0.2, 0) is 57.0 Å². The van der Waals surface area contributed by atoms with Gasteiger partial charge >= 0.3 is 11.9 Å². The summed E-state index contributed by atoms with van der Waals surface area (Å²) in [6.07, 6.45) is 10.8. The first-order valence-corrected chi connectivity index (χ1v) is 17.6. The standard InChI is InChI=1S/C34H62O12/c1-3-4-5-6-7-8-9-10-11-12-13-34(2,32(35)45-28-30-26-41-20-18-37-14-16-39-22-24-43-30)33(36)46-29-31-27-42-21-19-38-15-17-40-23-25-44-31/h30-31H,3-29H2,1-2H3/t30-,31-/m0/s1. The van der Waals surface area contributed by atoms with E-state index >= 15 is 0 Å². The van der Waals surface area contributed by atoms with Crippen molar-refractivity contribution in [3.8, 4) is 0 Å². The van der Waals surface area contributed by atoms with Crippen molar-refractivity contribution in [1.82, 2.24) is 0 Å². The van der Waals surface area contributed by atoms with Gasteiger partial charge in [-0.05, 0) is 13.3 Å². The summed E-state index contributed by atoms with van der Waals surface area (Å²) in [4.78, 5) is 27.1. The molecule has 12 nitrogen and oxygen atoms in total. The third-order valence-corrected chi connectivity index (χ3v) is 7.99. The van der Waals surface area contributed by atoms with Crippen LogP contribution < -0.4 is 0 Å². The maximum Gasteiger partial charge on any atom is 0.323 e. The summed E-state index contributed by atoms with van der Waals surface area (Å²) >= 11 is 0. The lowest BCUT2D eigenvalue weighted by atomic mass is 9.84. The van der Waals surface area contributed by atoms with Gasteiger partial charge in [0.1, 0.15) is 25.4 Å². The Morgan fingerprint density at radius 3 is 1.28 bits per heavy atom. The third-order valence-electron chi connectivity index (χ3n) is 7.99. The van der Waals surface area contributed by atoms with Crippen LogP contribution in [0.3, 0.4) is 0 Å². The van der Waals surface area contributed by atoms with Crippen LogP contribution in [0.4, 0.5) is 0 Å². The minimum Gasteiger partial charge on any atom is -0.462 e. The number of ether oxygens (including phenoxy) is 10. The molecule has 0 saturated carbocycles. The molecule has 2 saturated heterocycles. The van der Waals surface area contributed by atoms with Gasteiger partial charge in [-0.1, -0.05) is 71.1 Å². The molecule has 2 fully saturated rings. The van der Waals surface area contributed by atoms with Crippen LogP contribution >= 0.6 is 0 Å². The van der Waals surface area contributed by atoms with E-state index in [1.165, 1.54) is 38.5 Å². The van der Waals surface area contributed by atoms with Crippen LogP contribution in [0.15, 0.2) is 0 Å². The fraction of sp³-hybridized carbons (Fsp3) is 0.941. The molecule has 0 N–H and O–H groups in total. The number of rotatable bonds is 17. The van der Waals surface area contributed by atoms with Gasteiger partial charge < -0.3 is 47.4 Å². The molecule has 270 valence electrons. The van der Waals surface area contributed by atoms with Gasteiger partial charge in [-0.2, -0.15) is 0 Å². The molecule has 0 bridgehead atoms. The number of hydrogen-bond donors (Lipinski definition) is 0. The summed E-state index contributed by atoms with van der Waals surface area (Å²) in [5.41, 5.74) is -1.48. The van der Waals surface area contributed by atoms with Gasteiger partial charge in [0.15, 0.2) is 5.41 Å². The first kappa shape index (κ1) is 40.8. The summed E-state index contributed by atoms with van der Waals surface area (Å²) in [5, 5.41) is 0. The van der Waals surface area contributed by atoms with Crippen LogP contribution in [0.1, 0.15) is 84.5 Å². The average Bonchev–Trinajstić information content (AvgIpc) is 3.04. The third kappa shape index (κ3) is 19.4. The van der Waals surface area contributed by atoms with E-state index in [9.17, 15) is 9.59 Å². The Kier molecular flexibility index (Phi) is 24.4. The van der Waals surface area contributed by atoms with Crippen molar-refractivity contribution in [2.45, 2.75) is 96.7 Å². The largest absolute Gasteiger partial charge is 0.462 e. The highest BCUT2D eigenvalue weighted by molar-refractivity contribution is 5.99. The van der Waals surface area contributed by atoms with Crippen LogP contribution in [0.25, 0.3) is 0 Å². The zero-order valence-corrected chi connectivity index (χ0v) is 28.6. The molecule has 0 amide bonds. The Balaban J connectivity index is 1.93. The minimum atomic E-state index is -1.48. The minimum absolute atomic E-state index is 0.0533. The molecule has 2 aliphatic rings. The quantitative estimate of drug-likeness (QED) is 0.125. The van der Waals surface area contributed by atoms with E-state index in [-0.39, 0.29) is 26.4 Å². The molecular formula is C34H62O12.